The van der Waals surface area contributed by atoms with Crippen LogP contribution in [0.2, 0.25) is 0 Å². The second-order valence-corrected chi connectivity index (χ2v) is 4.49. The lowest BCUT2D eigenvalue weighted by atomic mass is 10.0. The van der Waals surface area contributed by atoms with Crippen LogP contribution < -0.4 is 4.74 Å². The quantitative estimate of drug-likeness (QED) is 0.504. The van der Waals surface area contributed by atoms with E-state index in [2.05, 4.69) is 0 Å². The van der Waals surface area contributed by atoms with Gasteiger partial charge >= 0.3 is 0 Å². The average Bonchev–Trinajstić information content (AvgIpc) is 2.52. The van der Waals surface area contributed by atoms with Crippen molar-refractivity contribution in [2.24, 2.45) is 0 Å². The van der Waals surface area contributed by atoms with Gasteiger partial charge in [-0.1, -0.05) is 30.3 Å². The van der Waals surface area contributed by atoms with Crippen molar-refractivity contribution < 1.29 is 24.5 Å². The number of Topliss-reactive ketones (excluding diaryl/α,β-unsaturated/α-hetero) is 1. The first-order valence-corrected chi connectivity index (χ1v) is 6.52. The molecule has 0 aromatic heterocycles. The summed E-state index contributed by atoms with van der Waals surface area (Å²) in [5, 5.41) is 19.4. The van der Waals surface area contributed by atoms with E-state index in [1.54, 1.807) is 6.08 Å². The van der Waals surface area contributed by atoms with E-state index in [0.29, 0.717) is 0 Å². The number of carbonyl (C=O) groups is 1. The van der Waals surface area contributed by atoms with Gasteiger partial charge in [0.05, 0.1) is 14.2 Å². The maximum Gasteiger partial charge on any atom is 0.235 e. The van der Waals surface area contributed by atoms with Crippen LogP contribution in [0.5, 0.6) is 17.2 Å². The van der Waals surface area contributed by atoms with Crippen LogP contribution in [-0.4, -0.2) is 30.2 Å². The molecule has 0 spiro atoms. The van der Waals surface area contributed by atoms with Gasteiger partial charge in [-0.3, -0.25) is 4.79 Å². The number of ether oxygens (including phenoxy) is 2. The van der Waals surface area contributed by atoms with Crippen molar-refractivity contribution in [3.05, 3.63) is 59.4 Å². The fraction of sp³-hybridized carbons (Fsp3) is 0.118. The van der Waals surface area contributed by atoms with Gasteiger partial charge < -0.3 is 19.7 Å². The third kappa shape index (κ3) is 3.20. The molecule has 114 valence electrons. The zero-order chi connectivity index (χ0) is 16.1. The number of benzene rings is 2. The Morgan fingerprint density at radius 2 is 1.77 bits per heavy atom. The number of methoxy groups -OCH3 is 2. The highest BCUT2D eigenvalue weighted by Gasteiger charge is 2.23. The number of hydrogen-bond acceptors (Lipinski definition) is 5. The molecule has 2 aromatic carbocycles. The zero-order valence-electron chi connectivity index (χ0n) is 12.2. The molecule has 0 bridgehead atoms. The van der Waals surface area contributed by atoms with E-state index in [9.17, 15) is 15.0 Å². The molecule has 2 N–H and O–H groups in total. The topological polar surface area (TPSA) is 76.0 Å². The molecule has 22 heavy (non-hydrogen) atoms. The standard InChI is InChI=1S/C17H16O5/c1-21-14-10-12(18)9-13(19)16(14)17(20)15(22-2)8-11-6-4-3-5-7-11/h3-10,18-19H,1-2H3. The Kier molecular flexibility index (Phi) is 4.68. The zero-order valence-corrected chi connectivity index (χ0v) is 12.2. The predicted octanol–water partition coefficient (Wildman–Crippen LogP) is 2.98. The molecule has 0 fully saturated rings. The molecule has 0 saturated carbocycles. The van der Waals surface area contributed by atoms with E-state index in [1.807, 2.05) is 30.3 Å². The number of ketones is 1. The number of phenolic OH excluding ortho intramolecular Hbond substituents is 2. The summed E-state index contributed by atoms with van der Waals surface area (Å²) in [4.78, 5) is 12.6. The molecular formula is C17H16O5. The summed E-state index contributed by atoms with van der Waals surface area (Å²) in [6.45, 7) is 0. The summed E-state index contributed by atoms with van der Waals surface area (Å²) in [6, 6.07) is 11.5. The van der Waals surface area contributed by atoms with Crippen LogP contribution in [-0.2, 0) is 4.74 Å². The van der Waals surface area contributed by atoms with Gasteiger partial charge in [-0.15, -0.1) is 0 Å². The van der Waals surface area contributed by atoms with E-state index in [1.165, 1.54) is 20.3 Å². The number of phenols is 2. The Morgan fingerprint density at radius 1 is 1.09 bits per heavy atom. The van der Waals surface area contributed by atoms with E-state index in [0.717, 1.165) is 11.6 Å². The van der Waals surface area contributed by atoms with Crippen molar-refractivity contribution in [1.29, 1.82) is 0 Å². The van der Waals surface area contributed by atoms with Gasteiger partial charge in [-0.05, 0) is 11.6 Å². The highest BCUT2D eigenvalue weighted by atomic mass is 16.5. The predicted molar refractivity (Wildman–Crippen MR) is 82.1 cm³/mol. The fourth-order valence-corrected chi connectivity index (χ4v) is 2.02. The molecule has 2 aromatic rings. The second kappa shape index (κ2) is 6.67. The number of rotatable bonds is 5. The third-order valence-electron chi connectivity index (χ3n) is 3.05. The summed E-state index contributed by atoms with van der Waals surface area (Å²) >= 11 is 0. The molecule has 5 heteroatoms. The number of aromatic hydroxyl groups is 2. The van der Waals surface area contributed by atoms with Crippen LogP contribution in [0.3, 0.4) is 0 Å². The normalized spacial score (nSPS) is 11.1. The van der Waals surface area contributed by atoms with Gasteiger partial charge in [0.15, 0.2) is 5.76 Å². The van der Waals surface area contributed by atoms with Crippen LogP contribution >= 0.6 is 0 Å². The van der Waals surface area contributed by atoms with E-state index < -0.39 is 5.78 Å². The number of carbonyl (C=O) groups excluding carboxylic acids is 1. The smallest absolute Gasteiger partial charge is 0.235 e. The summed E-state index contributed by atoms with van der Waals surface area (Å²) in [7, 11) is 2.72. The summed E-state index contributed by atoms with van der Waals surface area (Å²) in [5.74, 6) is -1.00. The average molecular weight is 300 g/mol. The minimum Gasteiger partial charge on any atom is -0.508 e. The van der Waals surface area contributed by atoms with Crippen molar-refractivity contribution in [3.8, 4) is 17.2 Å². The van der Waals surface area contributed by atoms with Gasteiger partial charge in [-0.25, -0.2) is 0 Å². The number of allylic oxidation sites excluding steroid dienone is 1. The summed E-state index contributed by atoms with van der Waals surface area (Å²) < 4.78 is 10.2. The lowest BCUT2D eigenvalue weighted by molar-refractivity contribution is 0.0951. The van der Waals surface area contributed by atoms with E-state index >= 15 is 0 Å². The molecule has 2 rings (SSSR count). The Hall–Kier alpha value is -2.95. The minimum atomic E-state index is -0.541. The Balaban J connectivity index is 2.48. The molecule has 5 nitrogen and oxygen atoms in total. The van der Waals surface area contributed by atoms with Crippen molar-refractivity contribution in [2.75, 3.05) is 14.2 Å². The molecule has 0 amide bonds. The van der Waals surface area contributed by atoms with Crippen LogP contribution in [0.1, 0.15) is 15.9 Å². The van der Waals surface area contributed by atoms with Crippen LogP contribution in [0.25, 0.3) is 6.08 Å². The Labute approximate surface area is 128 Å². The van der Waals surface area contributed by atoms with Gasteiger partial charge in [-0.2, -0.15) is 0 Å². The summed E-state index contributed by atoms with van der Waals surface area (Å²) in [5.41, 5.74) is 0.717. The second-order valence-electron chi connectivity index (χ2n) is 4.49. The van der Waals surface area contributed by atoms with Gasteiger partial charge in [0.2, 0.25) is 5.78 Å². The third-order valence-corrected chi connectivity index (χ3v) is 3.05. The lowest BCUT2D eigenvalue weighted by Crippen LogP contribution is -2.07. The fourth-order valence-electron chi connectivity index (χ4n) is 2.02. The van der Waals surface area contributed by atoms with Gasteiger partial charge in [0.25, 0.3) is 0 Å². The first kappa shape index (κ1) is 15.4. The largest absolute Gasteiger partial charge is 0.508 e. The Morgan fingerprint density at radius 3 is 2.36 bits per heavy atom. The molecule has 0 atom stereocenters. The molecule has 0 aliphatic rings. The van der Waals surface area contributed by atoms with Gasteiger partial charge in [0, 0.05) is 12.1 Å². The molecule has 0 unspecified atom stereocenters. The first-order valence-electron chi connectivity index (χ1n) is 6.52. The maximum absolute atomic E-state index is 12.6. The highest BCUT2D eigenvalue weighted by molar-refractivity contribution is 6.13. The van der Waals surface area contributed by atoms with Crippen LogP contribution in [0, 0.1) is 0 Å². The first-order chi connectivity index (χ1) is 10.6. The molecule has 0 radical (unpaired) electrons. The Bertz CT molecular complexity index is 704. The molecule has 0 heterocycles. The minimum absolute atomic E-state index is 0.0467. The molecule has 0 aliphatic heterocycles. The SMILES string of the molecule is COC(=Cc1ccccc1)C(=O)c1c(O)cc(O)cc1OC. The van der Waals surface area contributed by atoms with Crippen LogP contribution in [0.15, 0.2) is 48.2 Å². The van der Waals surface area contributed by atoms with E-state index in [4.69, 9.17) is 9.47 Å². The van der Waals surface area contributed by atoms with Crippen molar-refractivity contribution >= 4 is 11.9 Å². The lowest BCUT2D eigenvalue weighted by Gasteiger charge is -2.12. The maximum atomic E-state index is 12.6. The number of hydrogen-bond donors (Lipinski definition) is 2. The highest BCUT2D eigenvalue weighted by Crippen LogP contribution is 2.34. The van der Waals surface area contributed by atoms with Gasteiger partial charge in [0.1, 0.15) is 22.8 Å². The molecule has 0 aliphatic carbocycles. The van der Waals surface area contributed by atoms with Crippen molar-refractivity contribution in [3.63, 3.8) is 0 Å². The summed E-state index contributed by atoms with van der Waals surface area (Å²) in [6.07, 6.45) is 1.56. The molecule has 0 saturated heterocycles. The van der Waals surface area contributed by atoms with Crippen LogP contribution in [0.4, 0.5) is 0 Å². The van der Waals surface area contributed by atoms with E-state index in [-0.39, 0.29) is 28.6 Å². The van der Waals surface area contributed by atoms with Crippen molar-refractivity contribution in [2.45, 2.75) is 0 Å². The van der Waals surface area contributed by atoms with Crippen molar-refractivity contribution in [1.82, 2.24) is 0 Å². The monoisotopic (exact) mass is 300 g/mol. The molecular weight excluding hydrogens is 284 g/mol.